The predicted octanol–water partition coefficient (Wildman–Crippen LogP) is 6.95. The minimum Gasteiger partial charge on any atom is -0.456 e. The van der Waals surface area contributed by atoms with Gasteiger partial charge in [-0.3, -0.25) is 0 Å². The van der Waals surface area contributed by atoms with Gasteiger partial charge in [-0.2, -0.15) is 0 Å². The van der Waals surface area contributed by atoms with Gasteiger partial charge >= 0.3 is 0 Å². The normalized spacial score (nSPS) is 13.1. The molecule has 0 amide bonds. The Bertz CT molecular complexity index is 1970. The van der Waals surface area contributed by atoms with Gasteiger partial charge in [0, 0.05) is 57.1 Å². The summed E-state index contributed by atoms with van der Waals surface area (Å²) in [7, 11) is 3.92. The van der Waals surface area contributed by atoms with Gasteiger partial charge in [0.1, 0.15) is 11.5 Å². The molecule has 0 atom stereocenters. The number of hydrogen-bond acceptors (Lipinski definition) is 4. The number of halogens is 1. The summed E-state index contributed by atoms with van der Waals surface area (Å²) in [5.41, 5.74) is 6.29. The van der Waals surface area contributed by atoms with Gasteiger partial charge in [0.2, 0.25) is 0 Å². The zero-order chi connectivity index (χ0) is 27.9. The van der Waals surface area contributed by atoms with Crippen molar-refractivity contribution >= 4 is 42.3 Å². The fourth-order valence-corrected chi connectivity index (χ4v) is 6.23. The van der Waals surface area contributed by atoms with Gasteiger partial charge in [-0.25, -0.2) is 8.42 Å². The Hall–Kier alpha value is -4.32. The van der Waals surface area contributed by atoms with Crippen LogP contribution < -0.4 is 20.1 Å². The summed E-state index contributed by atoms with van der Waals surface area (Å²) in [6, 6.07) is 39.2. The zero-order valence-corrected chi connectivity index (χ0v) is 23.6. The molecule has 0 saturated heterocycles. The minimum atomic E-state index is -4.00. The Morgan fingerprint density at radius 3 is 2.10 bits per heavy atom. The van der Waals surface area contributed by atoms with Crippen LogP contribution in [0.4, 0.5) is 11.4 Å². The van der Waals surface area contributed by atoms with Crippen LogP contribution in [0.15, 0.2) is 126 Å². The summed E-state index contributed by atoms with van der Waals surface area (Å²) in [4.78, 5) is 2.15. The van der Waals surface area contributed by atoms with Crippen molar-refractivity contribution in [1.29, 1.82) is 0 Å². The number of ether oxygens (including phenoxy) is 1. The molecule has 0 spiro atoms. The third-order valence-corrected chi connectivity index (χ3v) is 8.68. The summed E-state index contributed by atoms with van der Waals surface area (Å²) in [5.74, 6) is 1.29. The molecule has 0 fully saturated rings. The van der Waals surface area contributed by atoms with Crippen molar-refractivity contribution in [3.63, 3.8) is 0 Å². The molecular formula is C34H26ClNO3S. The van der Waals surface area contributed by atoms with Gasteiger partial charge in [-0.1, -0.05) is 72.8 Å². The second-order valence-corrected chi connectivity index (χ2v) is 12.2. The van der Waals surface area contributed by atoms with Gasteiger partial charge < -0.3 is 9.64 Å². The van der Waals surface area contributed by atoms with Crippen molar-refractivity contribution < 1.29 is 13.2 Å². The van der Waals surface area contributed by atoms with E-state index in [9.17, 15) is 8.42 Å². The maximum atomic E-state index is 12.6. The van der Waals surface area contributed by atoms with Crippen LogP contribution in [0.25, 0.3) is 11.1 Å². The van der Waals surface area contributed by atoms with Crippen molar-refractivity contribution in [3.05, 3.63) is 148 Å². The van der Waals surface area contributed by atoms with E-state index >= 15 is 0 Å². The Morgan fingerprint density at radius 1 is 0.700 bits per heavy atom. The van der Waals surface area contributed by atoms with Crippen LogP contribution in [0, 0.1) is 0 Å². The molecule has 0 bridgehead atoms. The summed E-state index contributed by atoms with van der Waals surface area (Å²) in [5, 5.41) is 1.82. The molecule has 1 aliphatic heterocycles. The van der Waals surface area contributed by atoms with Gasteiger partial charge in [0.25, 0.3) is 9.05 Å². The number of hydrogen-bond donors (Lipinski definition) is 0. The maximum absolute atomic E-state index is 12.6. The molecule has 0 radical (unpaired) electrons. The average Bonchev–Trinajstić information content (AvgIpc) is 2.99. The SMILES string of the molecule is C/C(c1ccccc1)=c1/ccc2c(c1)Oc1cc(N(C)c3ccccc3)ccc1C=2c1ccccc1S(=O)(=O)Cl. The van der Waals surface area contributed by atoms with Gasteiger partial charge in [-0.05, 0) is 65.7 Å². The second kappa shape index (κ2) is 10.3. The molecule has 0 unspecified atom stereocenters. The lowest BCUT2D eigenvalue weighted by molar-refractivity contribution is 0.472. The molecular weight excluding hydrogens is 538 g/mol. The van der Waals surface area contributed by atoms with Crippen LogP contribution >= 0.6 is 10.7 Å². The molecule has 0 saturated carbocycles. The van der Waals surface area contributed by atoms with E-state index in [2.05, 4.69) is 24.0 Å². The Balaban J connectivity index is 1.61. The molecule has 1 heterocycles. The van der Waals surface area contributed by atoms with Crippen LogP contribution in [0.1, 0.15) is 23.6 Å². The lowest BCUT2D eigenvalue weighted by atomic mass is 9.92. The quantitative estimate of drug-likeness (QED) is 0.213. The smallest absolute Gasteiger partial charge is 0.261 e. The molecule has 0 aromatic heterocycles. The molecule has 40 heavy (non-hydrogen) atoms. The van der Waals surface area contributed by atoms with Crippen molar-refractivity contribution in [2.45, 2.75) is 11.8 Å². The number of rotatable bonds is 5. The zero-order valence-electron chi connectivity index (χ0n) is 22.0. The van der Waals surface area contributed by atoms with Gasteiger partial charge in [0.15, 0.2) is 0 Å². The maximum Gasteiger partial charge on any atom is 0.261 e. The molecule has 4 nitrogen and oxygen atoms in total. The molecule has 0 N–H and O–H groups in total. The fourth-order valence-electron chi connectivity index (χ4n) is 5.15. The molecule has 1 aliphatic rings. The number of para-hydroxylation sites is 1. The standard InChI is InChI=1S/C34H26ClNO3S/c1-23(24-11-5-3-6-12-24)25-17-19-28-31(21-25)39-32-22-27(36(2)26-13-7-4-8-14-26)18-20-29(32)34(28)30-15-9-10-16-33(30)40(35,37)38/h3-22H,1-2H3/b25-23+. The molecule has 6 heteroatoms. The highest BCUT2D eigenvalue weighted by Crippen LogP contribution is 2.41. The topological polar surface area (TPSA) is 46.6 Å². The third-order valence-electron chi connectivity index (χ3n) is 7.30. The van der Waals surface area contributed by atoms with Crippen molar-refractivity contribution in [1.82, 2.24) is 0 Å². The Labute approximate surface area is 238 Å². The minimum absolute atomic E-state index is 0.0621. The summed E-state index contributed by atoms with van der Waals surface area (Å²) < 4.78 is 31.8. The van der Waals surface area contributed by atoms with Crippen LogP contribution in [0.2, 0.25) is 0 Å². The lowest BCUT2D eigenvalue weighted by Crippen LogP contribution is -2.21. The van der Waals surface area contributed by atoms with E-state index < -0.39 is 9.05 Å². The van der Waals surface area contributed by atoms with E-state index in [1.165, 1.54) is 0 Å². The van der Waals surface area contributed by atoms with Gasteiger partial charge in [-0.15, -0.1) is 0 Å². The monoisotopic (exact) mass is 563 g/mol. The lowest BCUT2D eigenvalue weighted by Gasteiger charge is -2.25. The first-order chi connectivity index (χ1) is 19.3. The summed E-state index contributed by atoms with van der Waals surface area (Å²) in [6.07, 6.45) is 0. The van der Waals surface area contributed by atoms with E-state index in [1.807, 2.05) is 98.0 Å². The van der Waals surface area contributed by atoms with E-state index in [1.54, 1.807) is 18.2 Å². The molecule has 6 rings (SSSR count). The third kappa shape index (κ3) is 4.79. The highest BCUT2D eigenvalue weighted by atomic mass is 35.7. The van der Waals surface area contributed by atoms with Crippen molar-refractivity contribution in [3.8, 4) is 11.5 Å². The second-order valence-electron chi connectivity index (χ2n) is 9.69. The van der Waals surface area contributed by atoms with Crippen LogP contribution in [-0.4, -0.2) is 15.5 Å². The van der Waals surface area contributed by atoms with Crippen LogP contribution in [0.3, 0.4) is 0 Å². The first kappa shape index (κ1) is 25.9. The highest BCUT2D eigenvalue weighted by molar-refractivity contribution is 8.13. The Morgan fingerprint density at radius 2 is 1.38 bits per heavy atom. The molecule has 0 aliphatic carbocycles. The summed E-state index contributed by atoms with van der Waals surface area (Å²) >= 11 is 0. The molecule has 198 valence electrons. The Kier molecular flexibility index (Phi) is 6.70. The first-order valence-corrected chi connectivity index (χ1v) is 15.2. The van der Waals surface area contributed by atoms with E-state index in [4.69, 9.17) is 15.4 Å². The molecule has 5 aromatic rings. The fraction of sp³-hybridized carbons (Fsp3) is 0.0588. The number of anilines is 2. The molecule has 5 aromatic carbocycles. The number of benzene rings is 5. The number of nitrogens with zero attached hydrogens (tertiary/aromatic N) is 1. The number of fused-ring (bicyclic) bond motifs is 2. The van der Waals surface area contributed by atoms with E-state index in [0.29, 0.717) is 17.1 Å². The van der Waals surface area contributed by atoms with E-state index in [0.717, 1.165) is 44.1 Å². The predicted molar refractivity (Wildman–Crippen MR) is 162 cm³/mol. The summed E-state index contributed by atoms with van der Waals surface area (Å²) in [6.45, 7) is 2.08. The van der Waals surface area contributed by atoms with Gasteiger partial charge in [0.05, 0.1) is 4.90 Å². The van der Waals surface area contributed by atoms with E-state index in [-0.39, 0.29) is 4.90 Å². The average molecular weight is 564 g/mol. The first-order valence-electron chi connectivity index (χ1n) is 12.9. The highest BCUT2D eigenvalue weighted by Gasteiger charge is 2.26. The van der Waals surface area contributed by atoms with Crippen LogP contribution in [-0.2, 0) is 9.05 Å². The van der Waals surface area contributed by atoms with Crippen LogP contribution in [0.5, 0.6) is 11.5 Å². The van der Waals surface area contributed by atoms with Crippen molar-refractivity contribution in [2.24, 2.45) is 0 Å². The van der Waals surface area contributed by atoms with Crippen molar-refractivity contribution in [2.75, 3.05) is 11.9 Å². The largest absolute Gasteiger partial charge is 0.456 e.